The number of carbonyl (C=O) groups excluding carboxylic acids is 1. The highest BCUT2D eigenvalue weighted by Gasteiger charge is 2.12. The summed E-state index contributed by atoms with van der Waals surface area (Å²) in [6.45, 7) is 1.93. The lowest BCUT2D eigenvalue weighted by molar-refractivity contribution is 0.0939. The molecule has 0 saturated carbocycles. The third-order valence-electron chi connectivity index (χ3n) is 2.66. The molecule has 3 nitrogen and oxygen atoms in total. The quantitative estimate of drug-likeness (QED) is 0.866. The van der Waals surface area contributed by atoms with Gasteiger partial charge in [-0.15, -0.1) is 0 Å². The van der Waals surface area contributed by atoms with E-state index in [1.54, 1.807) is 24.5 Å². The molecule has 1 unspecified atom stereocenters. The molecule has 1 N–H and O–H groups in total. The van der Waals surface area contributed by atoms with Gasteiger partial charge >= 0.3 is 0 Å². The summed E-state index contributed by atoms with van der Waals surface area (Å²) in [6.07, 6.45) is 3.46. The lowest BCUT2D eigenvalue weighted by Gasteiger charge is -2.14. The van der Waals surface area contributed by atoms with Gasteiger partial charge in [0.2, 0.25) is 0 Å². The fourth-order valence-corrected chi connectivity index (χ4v) is 2.97. The lowest BCUT2D eigenvalue weighted by Crippen LogP contribution is -2.26. The minimum absolute atomic E-state index is 0.0843. The van der Waals surface area contributed by atoms with Crippen LogP contribution in [-0.2, 0) is 0 Å². The second-order valence-corrected chi connectivity index (χ2v) is 5.97. The normalized spacial score (nSPS) is 11.9. The van der Waals surface area contributed by atoms with Gasteiger partial charge in [-0.2, -0.15) is 0 Å². The minimum Gasteiger partial charge on any atom is -0.345 e. The highest BCUT2D eigenvalue weighted by molar-refractivity contribution is 9.11. The number of carbonyl (C=O) groups is 1. The molecule has 2 rings (SSSR count). The van der Waals surface area contributed by atoms with Gasteiger partial charge in [0.05, 0.1) is 6.04 Å². The maximum absolute atomic E-state index is 12.2. The molecule has 1 heterocycles. The molecule has 0 aliphatic heterocycles. The van der Waals surface area contributed by atoms with Crippen LogP contribution in [0.15, 0.2) is 51.7 Å². The number of halogens is 2. The summed E-state index contributed by atoms with van der Waals surface area (Å²) in [4.78, 5) is 16.2. The van der Waals surface area contributed by atoms with Crippen molar-refractivity contribution in [1.29, 1.82) is 0 Å². The number of aromatic nitrogens is 1. The van der Waals surface area contributed by atoms with Crippen molar-refractivity contribution in [2.75, 3.05) is 0 Å². The molecule has 0 aliphatic rings. The number of nitrogens with zero attached hydrogens (tertiary/aromatic N) is 1. The van der Waals surface area contributed by atoms with Crippen molar-refractivity contribution in [3.05, 3.63) is 62.8 Å². The number of hydrogen-bond acceptors (Lipinski definition) is 2. The fraction of sp³-hybridized carbons (Fsp3) is 0.143. The molecule has 1 aromatic carbocycles. The molecule has 1 aromatic heterocycles. The second kappa shape index (κ2) is 6.30. The van der Waals surface area contributed by atoms with Gasteiger partial charge in [-0.1, -0.05) is 37.9 Å². The summed E-state index contributed by atoms with van der Waals surface area (Å²) in [5.41, 5.74) is 1.59. The van der Waals surface area contributed by atoms with E-state index in [1.165, 1.54) is 0 Å². The van der Waals surface area contributed by atoms with Gasteiger partial charge in [0.15, 0.2) is 0 Å². The third kappa shape index (κ3) is 3.88. The fourth-order valence-electron chi connectivity index (χ4n) is 1.68. The van der Waals surface area contributed by atoms with E-state index >= 15 is 0 Å². The van der Waals surface area contributed by atoms with Crippen LogP contribution in [0.2, 0.25) is 0 Å². The Labute approximate surface area is 128 Å². The van der Waals surface area contributed by atoms with Crippen molar-refractivity contribution >= 4 is 37.8 Å². The number of hydrogen-bond donors (Lipinski definition) is 1. The largest absolute Gasteiger partial charge is 0.345 e. The maximum Gasteiger partial charge on any atom is 0.251 e. The van der Waals surface area contributed by atoms with Gasteiger partial charge in [-0.25, -0.2) is 0 Å². The van der Waals surface area contributed by atoms with Gasteiger partial charge in [0.25, 0.3) is 5.91 Å². The van der Waals surface area contributed by atoms with Crippen molar-refractivity contribution in [3.63, 3.8) is 0 Å². The van der Waals surface area contributed by atoms with E-state index in [-0.39, 0.29) is 11.9 Å². The highest BCUT2D eigenvalue weighted by atomic mass is 79.9. The molecule has 5 heteroatoms. The van der Waals surface area contributed by atoms with Crippen LogP contribution in [0.3, 0.4) is 0 Å². The molecule has 1 atom stereocenters. The van der Waals surface area contributed by atoms with Gasteiger partial charge in [-0.05, 0) is 36.8 Å². The maximum atomic E-state index is 12.2. The van der Waals surface area contributed by atoms with Crippen LogP contribution in [0, 0.1) is 0 Å². The summed E-state index contributed by atoms with van der Waals surface area (Å²) in [6, 6.07) is 9.18. The van der Waals surface area contributed by atoms with E-state index in [0.717, 1.165) is 14.5 Å². The average molecular weight is 384 g/mol. The Balaban J connectivity index is 2.13. The van der Waals surface area contributed by atoms with Gasteiger partial charge in [0, 0.05) is 26.9 Å². The molecule has 98 valence electrons. The van der Waals surface area contributed by atoms with Crippen LogP contribution in [0.25, 0.3) is 0 Å². The van der Waals surface area contributed by atoms with Gasteiger partial charge < -0.3 is 5.32 Å². The SMILES string of the molecule is CC(NC(=O)c1cc(Br)cc(Br)c1)c1cccnc1. The van der Waals surface area contributed by atoms with Crippen LogP contribution in [-0.4, -0.2) is 10.9 Å². The molecule has 0 fully saturated rings. The first kappa shape index (κ1) is 14.2. The molecule has 2 aromatic rings. The van der Waals surface area contributed by atoms with E-state index in [4.69, 9.17) is 0 Å². The van der Waals surface area contributed by atoms with Gasteiger partial charge in [-0.3, -0.25) is 9.78 Å². The average Bonchev–Trinajstić information content (AvgIpc) is 2.38. The summed E-state index contributed by atoms with van der Waals surface area (Å²) >= 11 is 6.74. The zero-order chi connectivity index (χ0) is 13.8. The summed E-state index contributed by atoms with van der Waals surface area (Å²) in [7, 11) is 0. The molecule has 1 amide bonds. The van der Waals surface area contributed by atoms with E-state index in [2.05, 4.69) is 42.2 Å². The molecule has 19 heavy (non-hydrogen) atoms. The number of rotatable bonds is 3. The van der Waals surface area contributed by atoms with Crippen LogP contribution in [0.5, 0.6) is 0 Å². The second-order valence-electron chi connectivity index (χ2n) is 4.14. The Morgan fingerprint density at radius 1 is 1.26 bits per heavy atom. The first-order valence-corrected chi connectivity index (χ1v) is 7.32. The standard InChI is InChI=1S/C14H12Br2N2O/c1-9(10-3-2-4-17-8-10)18-14(19)11-5-12(15)7-13(16)6-11/h2-9H,1H3,(H,18,19). The predicted molar refractivity (Wildman–Crippen MR) is 82.0 cm³/mol. The zero-order valence-corrected chi connectivity index (χ0v) is 13.4. The van der Waals surface area contributed by atoms with Crippen LogP contribution in [0.1, 0.15) is 28.9 Å². The third-order valence-corrected chi connectivity index (χ3v) is 3.57. The van der Waals surface area contributed by atoms with Crippen LogP contribution < -0.4 is 5.32 Å². The Morgan fingerprint density at radius 3 is 2.53 bits per heavy atom. The molecular formula is C14H12Br2N2O. The topological polar surface area (TPSA) is 42.0 Å². The van der Waals surface area contributed by atoms with Crippen LogP contribution >= 0.6 is 31.9 Å². The Bertz CT molecular complexity index is 567. The molecule has 0 bridgehead atoms. The Hall–Kier alpha value is -1.20. The van der Waals surface area contributed by atoms with Crippen LogP contribution in [0.4, 0.5) is 0 Å². The first-order chi connectivity index (χ1) is 9.06. The monoisotopic (exact) mass is 382 g/mol. The smallest absolute Gasteiger partial charge is 0.251 e. The zero-order valence-electron chi connectivity index (χ0n) is 10.2. The van der Waals surface area contributed by atoms with Crippen molar-refractivity contribution in [1.82, 2.24) is 10.3 Å². The summed E-state index contributed by atoms with van der Waals surface area (Å²) in [5, 5.41) is 2.95. The molecular weight excluding hydrogens is 372 g/mol. The lowest BCUT2D eigenvalue weighted by atomic mass is 10.1. The first-order valence-electron chi connectivity index (χ1n) is 5.73. The van der Waals surface area contributed by atoms with E-state index in [9.17, 15) is 4.79 Å². The van der Waals surface area contributed by atoms with Crippen molar-refractivity contribution in [3.8, 4) is 0 Å². The Kier molecular flexibility index (Phi) is 4.71. The Morgan fingerprint density at radius 2 is 1.95 bits per heavy atom. The van der Waals surface area contributed by atoms with E-state index < -0.39 is 0 Å². The summed E-state index contributed by atoms with van der Waals surface area (Å²) < 4.78 is 1.72. The molecule has 0 radical (unpaired) electrons. The molecule has 0 saturated heterocycles. The number of benzene rings is 1. The number of amides is 1. The predicted octanol–water partition coefficient (Wildman–Crippen LogP) is 4.10. The highest BCUT2D eigenvalue weighted by Crippen LogP contribution is 2.20. The molecule has 0 aliphatic carbocycles. The molecule has 0 spiro atoms. The van der Waals surface area contributed by atoms with Crippen molar-refractivity contribution in [2.45, 2.75) is 13.0 Å². The van der Waals surface area contributed by atoms with Crippen molar-refractivity contribution < 1.29 is 4.79 Å². The van der Waals surface area contributed by atoms with Crippen molar-refractivity contribution in [2.24, 2.45) is 0 Å². The number of nitrogens with one attached hydrogen (secondary N) is 1. The summed E-state index contributed by atoms with van der Waals surface area (Å²) in [5.74, 6) is -0.113. The van der Waals surface area contributed by atoms with Gasteiger partial charge in [0.1, 0.15) is 0 Å². The van der Waals surface area contributed by atoms with E-state index in [0.29, 0.717) is 5.56 Å². The minimum atomic E-state index is -0.113. The number of pyridine rings is 1. The van der Waals surface area contributed by atoms with E-state index in [1.807, 2.05) is 25.1 Å².